The third kappa shape index (κ3) is 3.70. The van der Waals surface area contributed by atoms with Crippen molar-refractivity contribution in [2.75, 3.05) is 34.4 Å². The number of nitrogens with zero attached hydrogens (tertiary/aromatic N) is 1. The summed E-state index contributed by atoms with van der Waals surface area (Å²) in [6.07, 6.45) is 8.64. The van der Waals surface area contributed by atoms with Crippen LogP contribution in [0.3, 0.4) is 0 Å². The summed E-state index contributed by atoms with van der Waals surface area (Å²) in [5.41, 5.74) is 0.555. The Balaban J connectivity index is 0.000000150. The van der Waals surface area contributed by atoms with E-state index in [9.17, 15) is 0 Å². The summed E-state index contributed by atoms with van der Waals surface area (Å²) in [6, 6.07) is 8.43. The molecule has 3 aliphatic rings. The molecule has 0 aromatic heterocycles. The molecule has 24 heavy (non-hydrogen) atoms. The van der Waals surface area contributed by atoms with E-state index in [-0.39, 0.29) is 0 Å². The quantitative estimate of drug-likeness (QED) is 0.901. The molecule has 4 rings (SSSR count). The van der Waals surface area contributed by atoms with Gasteiger partial charge in [-0.1, -0.05) is 12.1 Å². The molecule has 3 atom stereocenters. The minimum absolute atomic E-state index is 0.555. The van der Waals surface area contributed by atoms with E-state index in [2.05, 4.69) is 17.3 Å². The molecule has 3 unspecified atom stereocenters. The maximum Gasteiger partial charge on any atom is 0.160 e. The van der Waals surface area contributed by atoms with Gasteiger partial charge in [0.1, 0.15) is 0 Å². The van der Waals surface area contributed by atoms with E-state index in [4.69, 9.17) is 9.47 Å². The fourth-order valence-corrected chi connectivity index (χ4v) is 4.75. The molecule has 3 fully saturated rings. The highest BCUT2D eigenvalue weighted by molar-refractivity contribution is 5.39. The van der Waals surface area contributed by atoms with Crippen LogP contribution >= 0.6 is 0 Å². The molecule has 4 nitrogen and oxygen atoms in total. The molecule has 2 saturated heterocycles. The maximum absolute atomic E-state index is 5.01. The predicted octanol–water partition coefficient (Wildman–Crippen LogP) is 3.32. The number of hydrogen-bond donors (Lipinski definition) is 1. The fourth-order valence-electron chi connectivity index (χ4n) is 4.75. The van der Waals surface area contributed by atoms with Gasteiger partial charge in [-0.2, -0.15) is 0 Å². The van der Waals surface area contributed by atoms with Crippen molar-refractivity contribution in [2.45, 2.75) is 50.1 Å². The Morgan fingerprint density at radius 3 is 2.38 bits per heavy atom. The fraction of sp³-hybridized carbons (Fsp3) is 0.700. The van der Waals surface area contributed by atoms with Gasteiger partial charge in [-0.3, -0.25) is 0 Å². The molecule has 1 aliphatic carbocycles. The molecule has 134 valence electrons. The number of hydrogen-bond acceptors (Lipinski definition) is 4. The van der Waals surface area contributed by atoms with Crippen LogP contribution in [0.2, 0.25) is 0 Å². The number of nitrogens with one attached hydrogen (secondary N) is 1. The summed E-state index contributed by atoms with van der Waals surface area (Å²) in [5, 5.41) is 3.78. The smallest absolute Gasteiger partial charge is 0.160 e. The summed E-state index contributed by atoms with van der Waals surface area (Å²) in [7, 11) is 5.56. The second kappa shape index (κ2) is 7.75. The highest BCUT2D eigenvalue weighted by atomic mass is 16.5. The van der Waals surface area contributed by atoms with Gasteiger partial charge in [0.05, 0.1) is 14.2 Å². The van der Waals surface area contributed by atoms with Gasteiger partial charge >= 0.3 is 0 Å². The second-order valence-corrected chi connectivity index (χ2v) is 7.51. The zero-order valence-corrected chi connectivity index (χ0v) is 15.4. The first-order valence-corrected chi connectivity index (χ1v) is 9.30. The Hall–Kier alpha value is -1.26. The molecule has 2 aliphatic heterocycles. The van der Waals surface area contributed by atoms with Crippen LogP contribution in [-0.4, -0.2) is 50.8 Å². The summed E-state index contributed by atoms with van der Waals surface area (Å²) >= 11 is 0. The summed E-state index contributed by atoms with van der Waals surface area (Å²) in [6.45, 7) is 2.60. The highest BCUT2D eigenvalue weighted by Crippen LogP contribution is 2.43. The Morgan fingerprint density at radius 1 is 1.08 bits per heavy atom. The van der Waals surface area contributed by atoms with Crippen LogP contribution < -0.4 is 14.8 Å². The van der Waals surface area contributed by atoms with Crippen LogP contribution in [0, 0.1) is 5.92 Å². The molecule has 0 radical (unpaired) electrons. The van der Waals surface area contributed by atoms with Crippen molar-refractivity contribution in [3.63, 3.8) is 0 Å². The van der Waals surface area contributed by atoms with Gasteiger partial charge in [-0.05, 0) is 76.7 Å². The third-order valence-electron chi connectivity index (χ3n) is 6.18. The monoisotopic (exact) mass is 332 g/mol. The van der Waals surface area contributed by atoms with Crippen molar-refractivity contribution in [3.05, 3.63) is 24.3 Å². The number of methoxy groups -OCH3 is 2. The Kier molecular flexibility index (Phi) is 5.67. The first kappa shape index (κ1) is 17.6. The van der Waals surface area contributed by atoms with Gasteiger partial charge < -0.3 is 19.7 Å². The summed E-state index contributed by atoms with van der Waals surface area (Å²) in [4.78, 5) is 2.60. The SMILES string of the molecule is CN1CCC2CCC3(CCCN3)CC21.COc1ccccc1OC. The number of benzene rings is 1. The van der Waals surface area contributed by atoms with Gasteiger partial charge in [0, 0.05) is 11.6 Å². The normalized spacial score (nSPS) is 32.1. The minimum Gasteiger partial charge on any atom is -0.493 e. The average Bonchev–Trinajstić information content (AvgIpc) is 3.23. The Bertz CT molecular complexity index is 505. The topological polar surface area (TPSA) is 33.7 Å². The van der Waals surface area contributed by atoms with Crippen LogP contribution in [-0.2, 0) is 0 Å². The van der Waals surface area contributed by atoms with E-state index in [1.807, 2.05) is 24.3 Å². The van der Waals surface area contributed by atoms with Crippen molar-refractivity contribution in [3.8, 4) is 11.5 Å². The molecule has 1 spiro atoms. The van der Waals surface area contributed by atoms with Crippen LogP contribution in [0.4, 0.5) is 0 Å². The van der Waals surface area contributed by atoms with Gasteiger partial charge in [0.15, 0.2) is 11.5 Å². The minimum atomic E-state index is 0.555. The third-order valence-corrected chi connectivity index (χ3v) is 6.18. The second-order valence-electron chi connectivity index (χ2n) is 7.51. The van der Waals surface area contributed by atoms with Crippen molar-refractivity contribution in [1.29, 1.82) is 0 Å². The first-order valence-electron chi connectivity index (χ1n) is 9.30. The maximum atomic E-state index is 5.01. The van der Waals surface area contributed by atoms with Crippen LogP contribution in [0.1, 0.15) is 38.5 Å². The predicted molar refractivity (Wildman–Crippen MR) is 97.9 cm³/mol. The van der Waals surface area contributed by atoms with E-state index < -0.39 is 0 Å². The molecule has 2 heterocycles. The van der Waals surface area contributed by atoms with Crippen LogP contribution in [0.15, 0.2) is 24.3 Å². The largest absolute Gasteiger partial charge is 0.493 e. The lowest BCUT2D eigenvalue weighted by molar-refractivity contribution is 0.134. The van der Waals surface area contributed by atoms with Gasteiger partial charge in [0.25, 0.3) is 0 Å². The van der Waals surface area contributed by atoms with Crippen molar-refractivity contribution in [1.82, 2.24) is 10.2 Å². The lowest BCUT2D eigenvalue weighted by atomic mass is 9.73. The van der Waals surface area contributed by atoms with Gasteiger partial charge in [0.2, 0.25) is 0 Å². The number of fused-ring (bicyclic) bond motifs is 1. The average molecular weight is 332 g/mol. The van der Waals surface area contributed by atoms with E-state index in [1.54, 1.807) is 14.2 Å². The number of para-hydroxylation sites is 2. The van der Waals surface area contributed by atoms with E-state index in [0.717, 1.165) is 23.5 Å². The molecule has 0 amide bonds. The number of likely N-dealkylation sites (tertiary alicyclic amines) is 1. The molecule has 1 aromatic carbocycles. The number of rotatable bonds is 2. The van der Waals surface area contributed by atoms with E-state index >= 15 is 0 Å². The van der Waals surface area contributed by atoms with Gasteiger partial charge in [-0.25, -0.2) is 0 Å². The van der Waals surface area contributed by atoms with Crippen molar-refractivity contribution < 1.29 is 9.47 Å². The summed E-state index contributed by atoms with van der Waals surface area (Å²) in [5.74, 6) is 2.56. The molecule has 1 saturated carbocycles. The van der Waals surface area contributed by atoms with Crippen LogP contribution in [0.25, 0.3) is 0 Å². The standard InChI is InChI=1S/C12H22N2.C8H10O2/c1-14-8-4-10-3-6-12(9-11(10)14)5-2-7-13-12;1-9-7-5-3-4-6-8(7)10-2/h10-11,13H,2-9H2,1H3;3-6H,1-2H3. The highest BCUT2D eigenvalue weighted by Gasteiger charge is 2.45. The first-order chi connectivity index (χ1) is 11.7. The lowest BCUT2D eigenvalue weighted by Gasteiger charge is -2.42. The van der Waals surface area contributed by atoms with Gasteiger partial charge in [-0.15, -0.1) is 0 Å². The molecular weight excluding hydrogens is 300 g/mol. The molecule has 0 bridgehead atoms. The lowest BCUT2D eigenvalue weighted by Crippen LogP contribution is -2.50. The number of ether oxygens (including phenoxy) is 2. The summed E-state index contributed by atoms with van der Waals surface area (Å²) < 4.78 is 10.0. The van der Waals surface area contributed by atoms with Crippen molar-refractivity contribution in [2.24, 2.45) is 5.92 Å². The Labute approximate surface area is 146 Å². The van der Waals surface area contributed by atoms with E-state index in [0.29, 0.717) is 5.54 Å². The Morgan fingerprint density at radius 2 is 1.79 bits per heavy atom. The molecular formula is C20H32N2O2. The van der Waals surface area contributed by atoms with E-state index in [1.165, 1.54) is 51.6 Å². The molecule has 1 N–H and O–H groups in total. The zero-order valence-electron chi connectivity index (χ0n) is 15.4. The van der Waals surface area contributed by atoms with Crippen molar-refractivity contribution >= 4 is 0 Å². The molecule has 1 aromatic rings. The van der Waals surface area contributed by atoms with Crippen LogP contribution in [0.5, 0.6) is 11.5 Å². The molecule has 4 heteroatoms. The zero-order chi connectivity index (χ0) is 17.0.